The number of ether oxygens (including phenoxy) is 2. The second-order valence-corrected chi connectivity index (χ2v) is 11.5. The van der Waals surface area contributed by atoms with Crippen LogP contribution in [0.25, 0.3) is 0 Å². The van der Waals surface area contributed by atoms with Crippen LogP contribution in [-0.2, 0) is 27.9 Å². The summed E-state index contributed by atoms with van der Waals surface area (Å²) in [6.07, 6.45) is 0.628. The van der Waals surface area contributed by atoms with Gasteiger partial charge in [-0.25, -0.2) is 0 Å². The maximum absolute atomic E-state index is 12.3. The van der Waals surface area contributed by atoms with Gasteiger partial charge in [0.25, 0.3) is 0 Å². The van der Waals surface area contributed by atoms with E-state index >= 15 is 0 Å². The Morgan fingerprint density at radius 3 is 2.26 bits per heavy atom. The third kappa shape index (κ3) is 8.89. The van der Waals surface area contributed by atoms with E-state index in [9.17, 15) is 9.90 Å². The van der Waals surface area contributed by atoms with Gasteiger partial charge in [0.1, 0.15) is 6.61 Å². The van der Waals surface area contributed by atoms with Crippen LogP contribution >= 0.6 is 23.8 Å². The summed E-state index contributed by atoms with van der Waals surface area (Å²) in [4.78, 5) is 12.3. The van der Waals surface area contributed by atoms with Crippen LogP contribution < -0.4 is 15.4 Å². The molecule has 6 nitrogen and oxygen atoms in total. The molecule has 0 fully saturated rings. The Hall–Kier alpha value is -2.51. The Labute approximate surface area is 219 Å². The van der Waals surface area contributed by atoms with E-state index in [-0.39, 0.29) is 34.8 Å². The van der Waals surface area contributed by atoms with Crippen LogP contribution in [0.5, 0.6) is 11.5 Å². The van der Waals surface area contributed by atoms with Crippen molar-refractivity contribution >= 4 is 34.9 Å². The van der Waals surface area contributed by atoms with E-state index in [0.717, 1.165) is 11.1 Å². The Morgan fingerprint density at radius 1 is 1.09 bits per heavy atom. The third-order valence-electron chi connectivity index (χ3n) is 5.43. The number of aromatic hydroxyl groups is 1. The molecule has 0 spiro atoms. The van der Waals surface area contributed by atoms with Gasteiger partial charge < -0.3 is 25.2 Å². The van der Waals surface area contributed by atoms with Gasteiger partial charge in [-0.15, -0.1) is 0 Å². The minimum absolute atomic E-state index is 0.0731. The first-order valence-electron chi connectivity index (χ1n) is 11.6. The zero-order valence-electron chi connectivity index (χ0n) is 21.6. The molecule has 0 aliphatic rings. The molecule has 2 rings (SSSR count). The minimum atomic E-state index is -0.588. The summed E-state index contributed by atoms with van der Waals surface area (Å²) in [5.41, 5.74) is 2.64. The fraction of sp³-hybridized carbons (Fsp3) is 0.481. The topological polar surface area (TPSA) is 79.8 Å². The summed E-state index contributed by atoms with van der Waals surface area (Å²) in [5.74, 6) is -0.0761. The van der Waals surface area contributed by atoms with E-state index in [1.807, 2.05) is 20.8 Å². The number of thiocarbonyl (C=S) groups is 1. The molecule has 0 aromatic heterocycles. The molecular formula is C27H37ClN2O4S. The number of phenols is 1. The summed E-state index contributed by atoms with van der Waals surface area (Å²) in [5, 5.41) is 17.0. The van der Waals surface area contributed by atoms with Gasteiger partial charge in [0.2, 0.25) is 0 Å². The lowest BCUT2D eigenvalue weighted by Gasteiger charge is -2.24. The highest BCUT2D eigenvalue weighted by Crippen LogP contribution is 2.34. The number of hydrogen-bond acceptors (Lipinski definition) is 5. The van der Waals surface area contributed by atoms with Gasteiger partial charge in [-0.05, 0) is 73.6 Å². The van der Waals surface area contributed by atoms with E-state index < -0.39 is 5.41 Å². The number of carbonyl (C=O) groups is 1. The Bertz CT molecular complexity index is 1030. The van der Waals surface area contributed by atoms with E-state index in [2.05, 4.69) is 55.7 Å². The van der Waals surface area contributed by atoms with Crippen LogP contribution in [0.3, 0.4) is 0 Å². The highest BCUT2D eigenvalue weighted by atomic mass is 35.5. The molecule has 0 heterocycles. The SMILES string of the molecule is COc1cc(CNC(=S)NC(COC(=O)C(C)(C)C)Cc2ccc(C(C)(C)C)cc2)cc(Cl)c1O. The molecule has 1 unspecified atom stereocenters. The quantitative estimate of drug-likeness (QED) is 0.312. The number of methoxy groups -OCH3 is 1. The normalized spacial score (nSPS) is 12.6. The Kier molecular flexibility index (Phi) is 9.81. The van der Waals surface area contributed by atoms with Gasteiger partial charge in [0.05, 0.1) is 23.6 Å². The van der Waals surface area contributed by atoms with Crippen molar-refractivity contribution in [1.82, 2.24) is 10.6 Å². The summed E-state index contributed by atoms with van der Waals surface area (Å²) < 4.78 is 10.7. The Morgan fingerprint density at radius 2 is 1.71 bits per heavy atom. The summed E-state index contributed by atoms with van der Waals surface area (Å²) in [7, 11) is 1.46. The predicted molar refractivity (Wildman–Crippen MR) is 145 cm³/mol. The summed E-state index contributed by atoms with van der Waals surface area (Å²) in [6, 6.07) is 11.6. The second-order valence-electron chi connectivity index (χ2n) is 10.7. The van der Waals surface area contributed by atoms with Crippen molar-refractivity contribution in [3.63, 3.8) is 0 Å². The number of benzene rings is 2. The first-order chi connectivity index (χ1) is 16.2. The molecule has 0 aliphatic carbocycles. The van der Waals surface area contributed by atoms with E-state index in [1.54, 1.807) is 12.1 Å². The van der Waals surface area contributed by atoms with E-state index in [4.69, 9.17) is 33.3 Å². The molecule has 2 aromatic carbocycles. The monoisotopic (exact) mass is 520 g/mol. The third-order valence-corrected chi connectivity index (χ3v) is 5.98. The van der Waals surface area contributed by atoms with Crippen molar-refractivity contribution in [3.05, 3.63) is 58.1 Å². The zero-order chi connectivity index (χ0) is 26.4. The molecule has 2 aromatic rings. The van der Waals surface area contributed by atoms with Crippen molar-refractivity contribution in [1.29, 1.82) is 0 Å². The lowest BCUT2D eigenvalue weighted by atomic mass is 9.86. The van der Waals surface area contributed by atoms with E-state index in [0.29, 0.717) is 23.8 Å². The fourth-order valence-electron chi connectivity index (χ4n) is 3.27. The fourth-order valence-corrected chi connectivity index (χ4v) is 3.75. The van der Waals surface area contributed by atoms with Gasteiger partial charge >= 0.3 is 5.97 Å². The van der Waals surface area contributed by atoms with Crippen LogP contribution in [0, 0.1) is 5.41 Å². The van der Waals surface area contributed by atoms with Gasteiger partial charge in [0.15, 0.2) is 16.6 Å². The highest BCUT2D eigenvalue weighted by molar-refractivity contribution is 7.80. The van der Waals surface area contributed by atoms with Crippen LogP contribution in [0.15, 0.2) is 36.4 Å². The van der Waals surface area contributed by atoms with Gasteiger partial charge in [-0.1, -0.05) is 56.6 Å². The smallest absolute Gasteiger partial charge is 0.311 e. The average Bonchev–Trinajstić information content (AvgIpc) is 2.77. The number of carbonyl (C=O) groups excluding carboxylic acids is 1. The molecule has 1 atom stereocenters. The summed E-state index contributed by atoms with van der Waals surface area (Å²) >= 11 is 11.6. The Balaban J connectivity index is 2.08. The van der Waals surface area contributed by atoms with Crippen molar-refractivity contribution in [2.75, 3.05) is 13.7 Å². The van der Waals surface area contributed by atoms with Gasteiger partial charge in [-0.2, -0.15) is 0 Å². The number of hydrogen-bond donors (Lipinski definition) is 3. The van der Waals surface area contributed by atoms with Crippen LogP contribution in [0.2, 0.25) is 5.02 Å². The van der Waals surface area contributed by atoms with Gasteiger partial charge in [-0.3, -0.25) is 4.79 Å². The summed E-state index contributed by atoms with van der Waals surface area (Å²) in [6.45, 7) is 12.6. The molecule has 35 heavy (non-hydrogen) atoms. The molecule has 3 N–H and O–H groups in total. The molecular weight excluding hydrogens is 484 g/mol. The van der Waals surface area contributed by atoms with Crippen LogP contribution in [0.1, 0.15) is 58.2 Å². The largest absolute Gasteiger partial charge is 0.503 e. The number of phenolic OH excluding ortho intramolecular Hbond substituents is 1. The average molecular weight is 521 g/mol. The van der Waals surface area contributed by atoms with Crippen molar-refractivity contribution < 1.29 is 19.4 Å². The van der Waals surface area contributed by atoms with Crippen LogP contribution in [0.4, 0.5) is 0 Å². The molecule has 0 amide bonds. The second kappa shape index (κ2) is 12.0. The van der Waals surface area contributed by atoms with Crippen LogP contribution in [-0.4, -0.2) is 35.9 Å². The molecule has 0 radical (unpaired) electrons. The maximum atomic E-state index is 12.3. The molecule has 0 bridgehead atoms. The molecule has 0 saturated heterocycles. The lowest BCUT2D eigenvalue weighted by molar-refractivity contribution is -0.153. The molecule has 0 aliphatic heterocycles. The molecule has 8 heteroatoms. The number of rotatable bonds is 8. The minimum Gasteiger partial charge on any atom is -0.503 e. The highest BCUT2D eigenvalue weighted by Gasteiger charge is 2.25. The predicted octanol–water partition coefficient (Wildman–Crippen LogP) is 5.52. The standard InChI is InChI=1S/C27H37ClN2O4S/c1-26(2,3)19-10-8-17(9-11-19)12-20(16-34-24(32)27(4,5)6)30-25(35)29-15-18-13-21(28)23(31)22(14-18)33-7/h8-11,13-14,20,31H,12,15-16H2,1-7H3,(H2,29,30,35). The molecule has 0 saturated carbocycles. The number of esters is 1. The zero-order valence-corrected chi connectivity index (χ0v) is 23.2. The van der Waals surface area contributed by atoms with E-state index in [1.165, 1.54) is 12.7 Å². The van der Waals surface area contributed by atoms with Crippen molar-refractivity contribution in [3.8, 4) is 11.5 Å². The lowest BCUT2D eigenvalue weighted by Crippen LogP contribution is -2.45. The molecule has 192 valence electrons. The first-order valence-corrected chi connectivity index (χ1v) is 12.4. The van der Waals surface area contributed by atoms with Gasteiger partial charge in [0, 0.05) is 6.54 Å². The van der Waals surface area contributed by atoms with Crippen molar-refractivity contribution in [2.45, 2.75) is 66.0 Å². The number of nitrogens with one attached hydrogen (secondary N) is 2. The maximum Gasteiger partial charge on any atom is 0.311 e. The first kappa shape index (κ1) is 28.7. The van der Waals surface area contributed by atoms with Crippen molar-refractivity contribution in [2.24, 2.45) is 5.41 Å². The number of halogens is 1.